The summed E-state index contributed by atoms with van der Waals surface area (Å²) in [4.78, 5) is 33.2. The van der Waals surface area contributed by atoms with Gasteiger partial charge in [-0.15, -0.1) is 0 Å². The van der Waals surface area contributed by atoms with Gasteiger partial charge in [0.2, 0.25) is 18.4 Å². The van der Waals surface area contributed by atoms with Crippen LogP contribution in [0, 0.1) is 11.3 Å². The molecule has 1 amide bonds. The van der Waals surface area contributed by atoms with Crippen LogP contribution in [-0.4, -0.2) is 118 Å². The second kappa shape index (κ2) is 14.9. The van der Waals surface area contributed by atoms with Crippen LogP contribution in [0.2, 0.25) is 0 Å². The van der Waals surface area contributed by atoms with E-state index in [1.807, 2.05) is 17.0 Å². The molecule has 0 saturated carbocycles. The van der Waals surface area contributed by atoms with E-state index in [4.69, 9.17) is 23.7 Å². The van der Waals surface area contributed by atoms with Crippen LogP contribution in [0.3, 0.4) is 0 Å². The second-order valence-electron chi connectivity index (χ2n) is 12.9. The monoisotopic (exact) mass is 605 g/mol. The number of ether oxygens (including phenoxy) is 5. The Bertz CT molecular complexity index is 1090. The Hall–Kier alpha value is -2.60. The second-order valence-corrected chi connectivity index (χ2v) is 12.9. The van der Waals surface area contributed by atoms with Crippen molar-refractivity contribution < 1.29 is 38.4 Å². The molecule has 242 valence electrons. The number of nitrogens with zero attached hydrogens (tertiary/aromatic N) is 3. The SMILES string of the molecule is CCCCN(CCCCN(C)C)C(=O)CN1C[C@H](c2cc(OC)c3c(c2)OCO3)[C@@H](C(=O)O)[C@@H]1CC(C)(C)C1OCCO1. The highest BCUT2D eigenvalue weighted by molar-refractivity contribution is 5.79. The Kier molecular flexibility index (Phi) is 11.6. The van der Waals surface area contributed by atoms with E-state index in [9.17, 15) is 14.7 Å². The predicted molar refractivity (Wildman–Crippen MR) is 162 cm³/mol. The number of rotatable bonds is 16. The topological polar surface area (TPSA) is 110 Å². The number of benzene rings is 1. The molecule has 11 nitrogen and oxygen atoms in total. The summed E-state index contributed by atoms with van der Waals surface area (Å²) in [5, 5.41) is 10.7. The zero-order valence-electron chi connectivity index (χ0n) is 26.8. The number of methoxy groups -OCH3 is 1. The fourth-order valence-electron chi connectivity index (χ4n) is 6.61. The first-order valence-corrected chi connectivity index (χ1v) is 15.7. The molecule has 3 aliphatic heterocycles. The summed E-state index contributed by atoms with van der Waals surface area (Å²) in [6.45, 7) is 10.3. The van der Waals surface area contributed by atoms with Gasteiger partial charge >= 0.3 is 5.97 Å². The lowest BCUT2D eigenvalue weighted by Gasteiger charge is -2.37. The number of aliphatic carboxylic acids is 1. The largest absolute Gasteiger partial charge is 0.493 e. The number of hydrogen-bond donors (Lipinski definition) is 1. The Balaban J connectivity index is 1.62. The van der Waals surface area contributed by atoms with Crippen molar-refractivity contribution in [3.05, 3.63) is 17.7 Å². The first-order valence-electron chi connectivity index (χ1n) is 15.7. The van der Waals surface area contributed by atoms with Crippen LogP contribution in [-0.2, 0) is 19.1 Å². The van der Waals surface area contributed by atoms with Crippen LogP contribution >= 0.6 is 0 Å². The van der Waals surface area contributed by atoms with Crippen LogP contribution in [0.15, 0.2) is 12.1 Å². The van der Waals surface area contributed by atoms with Crippen molar-refractivity contribution >= 4 is 11.9 Å². The molecule has 1 aromatic rings. The fourth-order valence-corrected chi connectivity index (χ4v) is 6.61. The van der Waals surface area contributed by atoms with Gasteiger partial charge < -0.3 is 38.6 Å². The Morgan fingerprint density at radius 2 is 1.77 bits per heavy atom. The molecule has 0 radical (unpaired) electrons. The molecule has 3 aliphatic rings. The molecule has 0 aromatic heterocycles. The molecular weight excluding hydrogens is 554 g/mol. The summed E-state index contributed by atoms with van der Waals surface area (Å²) < 4.78 is 28.6. The highest BCUT2D eigenvalue weighted by Crippen LogP contribution is 2.48. The van der Waals surface area contributed by atoms with Gasteiger partial charge in [-0.3, -0.25) is 14.5 Å². The van der Waals surface area contributed by atoms with Crippen LogP contribution in [0.25, 0.3) is 0 Å². The van der Waals surface area contributed by atoms with E-state index in [2.05, 4.69) is 44.7 Å². The third kappa shape index (κ3) is 8.12. The highest BCUT2D eigenvalue weighted by atomic mass is 16.7. The minimum atomic E-state index is -0.892. The van der Waals surface area contributed by atoms with E-state index in [1.54, 1.807) is 7.11 Å². The van der Waals surface area contributed by atoms with Gasteiger partial charge in [-0.2, -0.15) is 0 Å². The standard InChI is InChI=1S/C32H51N3O8/c1-7-8-12-34(13-10-9-11-33(4)5)27(36)20-35-19-23(22-16-25(39-6)29-26(17-22)42-21-43-29)28(30(37)38)24(35)18-32(2,3)31-40-14-15-41-31/h16-17,23-24,28,31H,7-15,18-21H2,1-6H3,(H,37,38)/t23-,24+,28-/m1/s1. The number of hydrogen-bond acceptors (Lipinski definition) is 9. The van der Waals surface area contributed by atoms with Gasteiger partial charge in [0.05, 0.1) is 32.8 Å². The normalized spacial score (nSPS) is 22.4. The average Bonchev–Trinajstić information content (AvgIpc) is 3.73. The summed E-state index contributed by atoms with van der Waals surface area (Å²) in [7, 11) is 5.68. The number of carboxylic acids is 1. The van der Waals surface area contributed by atoms with E-state index in [1.165, 1.54) is 0 Å². The Labute approximate surface area is 256 Å². The summed E-state index contributed by atoms with van der Waals surface area (Å²) in [6, 6.07) is 3.30. The quantitative estimate of drug-likeness (QED) is 0.281. The first-order chi connectivity index (χ1) is 20.6. The lowest BCUT2D eigenvalue weighted by Crippen LogP contribution is -2.47. The summed E-state index contributed by atoms with van der Waals surface area (Å²) in [6.07, 6.45) is 3.94. The molecule has 2 fully saturated rings. The molecule has 0 unspecified atom stereocenters. The molecule has 2 saturated heterocycles. The van der Waals surface area contributed by atoms with Crippen molar-refractivity contribution in [2.24, 2.45) is 11.3 Å². The van der Waals surface area contributed by atoms with E-state index in [0.717, 1.165) is 37.8 Å². The number of carbonyl (C=O) groups is 2. The van der Waals surface area contributed by atoms with Gasteiger partial charge in [-0.05, 0) is 64.0 Å². The van der Waals surface area contributed by atoms with Crippen LogP contribution < -0.4 is 14.2 Å². The molecule has 4 rings (SSSR count). The number of likely N-dealkylation sites (tertiary alicyclic amines) is 1. The minimum Gasteiger partial charge on any atom is -0.493 e. The van der Waals surface area contributed by atoms with Gasteiger partial charge in [0.1, 0.15) is 0 Å². The van der Waals surface area contributed by atoms with Gasteiger partial charge in [-0.1, -0.05) is 27.2 Å². The number of amides is 1. The molecule has 3 atom stereocenters. The summed E-state index contributed by atoms with van der Waals surface area (Å²) in [5.74, 6) is -0.415. The minimum absolute atomic E-state index is 0.0440. The molecule has 0 spiro atoms. The lowest BCUT2D eigenvalue weighted by atomic mass is 9.77. The van der Waals surface area contributed by atoms with Crippen molar-refractivity contribution in [3.63, 3.8) is 0 Å². The van der Waals surface area contributed by atoms with Gasteiger partial charge in [0.15, 0.2) is 17.8 Å². The van der Waals surface area contributed by atoms with Gasteiger partial charge in [0, 0.05) is 37.0 Å². The third-order valence-corrected chi connectivity index (χ3v) is 8.89. The number of unbranched alkanes of at least 4 members (excludes halogenated alkanes) is 2. The zero-order chi connectivity index (χ0) is 31.1. The van der Waals surface area contributed by atoms with Gasteiger partial charge in [0.25, 0.3) is 0 Å². The van der Waals surface area contributed by atoms with Crippen molar-refractivity contribution in [1.82, 2.24) is 14.7 Å². The Morgan fingerprint density at radius 3 is 2.42 bits per heavy atom. The smallest absolute Gasteiger partial charge is 0.308 e. The molecule has 1 aromatic carbocycles. The third-order valence-electron chi connectivity index (χ3n) is 8.89. The summed E-state index contributed by atoms with van der Waals surface area (Å²) in [5.41, 5.74) is 0.331. The van der Waals surface area contributed by atoms with E-state index < -0.39 is 29.6 Å². The Morgan fingerprint density at radius 1 is 1.07 bits per heavy atom. The van der Waals surface area contributed by atoms with Crippen molar-refractivity contribution in [1.29, 1.82) is 0 Å². The van der Waals surface area contributed by atoms with Gasteiger partial charge in [-0.25, -0.2) is 0 Å². The van der Waals surface area contributed by atoms with E-state index in [0.29, 0.717) is 56.5 Å². The van der Waals surface area contributed by atoms with Crippen LogP contribution in [0.5, 0.6) is 17.2 Å². The molecule has 0 bridgehead atoms. The predicted octanol–water partition coefficient (Wildman–Crippen LogP) is 3.65. The molecule has 43 heavy (non-hydrogen) atoms. The fraction of sp³-hybridized carbons (Fsp3) is 0.750. The zero-order valence-corrected chi connectivity index (χ0v) is 26.8. The van der Waals surface area contributed by atoms with Crippen molar-refractivity contribution in [3.8, 4) is 17.2 Å². The average molecular weight is 606 g/mol. The maximum Gasteiger partial charge on any atom is 0.308 e. The number of carboxylic acid groups (broad SMARTS) is 1. The van der Waals surface area contributed by atoms with E-state index >= 15 is 0 Å². The number of carbonyl (C=O) groups excluding carboxylic acids is 1. The van der Waals surface area contributed by atoms with Crippen molar-refractivity contribution in [2.75, 3.05) is 73.9 Å². The molecular formula is C32H51N3O8. The van der Waals surface area contributed by atoms with Crippen molar-refractivity contribution in [2.45, 2.75) is 71.1 Å². The van der Waals surface area contributed by atoms with E-state index in [-0.39, 0.29) is 25.2 Å². The lowest BCUT2D eigenvalue weighted by molar-refractivity contribution is -0.148. The first kappa shape index (κ1) is 33.3. The van der Waals surface area contributed by atoms with Crippen LogP contribution in [0.1, 0.15) is 64.4 Å². The number of fused-ring (bicyclic) bond motifs is 1. The van der Waals surface area contributed by atoms with Crippen LogP contribution in [0.4, 0.5) is 0 Å². The molecule has 3 heterocycles. The maximum absolute atomic E-state index is 13.9. The summed E-state index contributed by atoms with van der Waals surface area (Å²) >= 11 is 0. The maximum atomic E-state index is 13.9. The highest BCUT2D eigenvalue weighted by Gasteiger charge is 2.51. The molecule has 1 N–H and O–H groups in total. The molecule has 0 aliphatic carbocycles. The molecule has 11 heteroatoms.